The molecule has 1 unspecified atom stereocenters. The molecule has 0 radical (unpaired) electrons. The van der Waals surface area contributed by atoms with Crippen LogP contribution < -0.4 is 4.57 Å². The number of carbonyl (C=O) groups is 2. The van der Waals surface area contributed by atoms with Crippen LogP contribution in [0.2, 0.25) is 0 Å². The van der Waals surface area contributed by atoms with Crippen molar-refractivity contribution in [3.05, 3.63) is 43.0 Å². The Morgan fingerprint density at radius 2 is 1.77 bits per heavy atom. The van der Waals surface area contributed by atoms with Gasteiger partial charge in [0.2, 0.25) is 5.88 Å². The summed E-state index contributed by atoms with van der Waals surface area (Å²) < 4.78 is 53.0. The van der Waals surface area contributed by atoms with E-state index in [1.54, 1.807) is 47.6 Å². The average Bonchev–Trinajstić information content (AvgIpc) is 2.60. The van der Waals surface area contributed by atoms with E-state index in [0.717, 1.165) is 5.56 Å². The second-order valence-corrected chi connectivity index (χ2v) is 6.50. The van der Waals surface area contributed by atoms with E-state index in [-0.39, 0.29) is 11.6 Å². The molecule has 2 aromatic heterocycles. The molecule has 0 fully saturated rings. The van der Waals surface area contributed by atoms with Crippen molar-refractivity contribution in [2.75, 3.05) is 5.75 Å². The normalized spacial score (nSPS) is 12.4. The molecule has 138 valence electrons. The predicted octanol–water partition coefficient (Wildman–Crippen LogP) is 1.16. The van der Waals surface area contributed by atoms with Crippen molar-refractivity contribution >= 4 is 22.7 Å². The Kier molecular flexibility index (Phi) is 6.50. The SMILES string of the molecule is O=C(CCS(=O)C[n+]1ccc(-c2ncccn2)cc1)OC(=O)C(F)(F)F. The molecule has 0 amide bonds. The second-order valence-electron chi connectivity index (χ2n) is 4.96. The lowest BCUT2D eigenvalue weighted by Crippen LogP contribution is -2.36. The minimum atomic E-state index is -5.24. The smallest absolute Gasteiger partial charge is 0.386 e. The summed E-state index contributed by atoms with van der Waals surface area (Å²) in [6, 6.07) is 5.11. The van der Waals surface area contributed by atoms with Crippen LogP contribution in [0.15, 0.2) is 43.0 Å². The number of ether oxygens (including phenoxy) is 1. The molecule has 2 heterocycles. The number of carbonyl (C=O) groups excluding carboxylic acids is 2. The zero-order chi connectivity index (χ0) is 19.2. The quantitative estimate of drug-likeness (QED) is 0.419. The van der Waals surface area contributed by atoms with Crippen LogP contribution in [0.25, 0.3) is 11.4 Å². The third kappa shape index (κ3) is 5.99. The van der Waals surface area contributed by atoms with Gasteiger partial charge in [0.05, 0.1) is 17.2 Å². The number of pyridine rings is 1. The molecule has 2 aromatic rings. The number of alkyl halides is 3. The number of esters is 2. The van der Waals surface area contributed by atoms with Crippen LogP contribution in [-0.2, 0) is 31.0 Å². The fraction of sp³-hybridized carbons (Fsp3) is 0.267. The summed E-state index contributed by atoms with van der Waals surface area (Å²) in [5.41, 5.74) is 0.752. The Morgan fingerprint density at radius 1 is 1.15 bits per heavy atom. The molecule has 0 bridgehead atoms. The zero-order valence-electron chi connectivity index (χ0n) is 13.2. The van der Waals surface area contributed by atoms with Gasteiger partial charge < -0.3 is 4.74 Å². The Bertz CT molecular complexity index is 798. The van der Waals surface area contributed by atoms with E-state index in [1.165, 1.54) is 0 Å². The Balaban J connectivity index is 1.83. The number of rotatable bonds is 6. The summed E-state index contributed by atoms with van der Waals surface area (Å²) in [6.07, 6.45) is 0.659. The highest BCUT2D eigenvalue weighted by atomic mass is 32.2. The number of aromatic nitrogens is 3. The average molecular weight is 388 g/mol. The highest BCUT2D eigenvalue weighted by Gasteiger charge is 2.42. The molecule has 0 aliphatic carbocycles. The first-order valence-electron chi connectivity index (χ1n) is 7.19. The van der Waals surface area contributed by atoms with Crippen molar-refractivity contribution in [2.24, 2.45) is 0 Å². The summed E-state index contributed by atoms with van der Waals surface area (Å²) in [7, 11) is -1.54. The number of halogens is 3. The van der Waals surface area contributed by atoms with Gasteiger partial charge in [0, 0.05) is 35.8 Å². The van der Waals surface area contributed by atoms with Gasteiger partial charge in [-0.3, -0.25) is 9.00 Å². The molecule has 2 rings (SSSR count). The molecule has 0 aliphatic rings. The van der Waals surface area contributed by atoms with Gasteiger partial charge in [-0.1, -0.05) is 0 Å². The Morgan fingerprint density at radius 3 is 2.35 bits per heavy atom. The largest absolute Gasteiger partial charge is 0.491 e. The highest BCUT2D eigenvalue weighted by Crippen LogP contribution is 2.16. The first kappa shape index (κ1) is 19.6. The van der Waals surface area contributed by atoms with Gasteiger partial charge in [0.1, 0.15) is 0 Å². The summed E-state index contributed by atoms with van der Waals surface area (Å²) in [4.78, 5) is 29.8. The van der Waals surface area contributed by atoms with Crippen molar-refractivity contribution in [3.63, 3.8) is 0 Å². The highest BCUT2D eigenvalue weighted by molar-refractivity contribution is 7.83. The first-order valence-corrected chi connectivity index (χ1v) is 8.68. The molecular formula is C15H13F3N3O4S+. The molecule has 0 saturated heterocycles. The minimum Gasteiger partial charge on any atom is -0.386 e. The van der Waals surface area contributed by atoms with Crippen molar-refractivity contribution in [1.82, 2.24) is 9.97 Å². The zero-order valence-corrected chi connectivity index (χ0v) is 14.0. The van der Waals surface area contributed by atoms with Gasteiger partial charge in [0.15, 0.2) is 18.2 Å². The van der Waals surface area contributed by atoms with Gasteiger partial charge >= 0.3 is 18.1 Å². The van der Waals surface area contributed by atoms with Crippen LogP contribution in [0.4, 0.5) is 13.2 Å². The van der Waals surface area contributed by atoms with Gasteiger partial charge in [-0.2, -0.15) is 17.7 Å². The maximum absolute atomic E-state index is 12.0. The molecular weight excluding hydrogens is 375 g/mol. The third-order valence-electron chi connectivity index (χ3n) is 2.98. The topological polar surface area (TPSA) is 90.1 Å². The van der Waals surface area contributed by atoms with E-state index in [0.29, 0.717) is 5.82 Å². The standard InChI is InChI=1S/C15H13F3N3O4S/c16-15(17,18)14(23)25-12(22)4-9-26(24)10-21-7-2-11(3-8-21)13-19-5-1-6-20-13/h1-3,5-8H,4,9-10H2/q+1. The first-order chi connectivity index (χ1) is 12.3. The van der Waals surface area contributed by atoms with Crippen molar-refractivity contribution in [2.45, 2.75) is 18.5 Å². The molecule has 11 heteroatoms. The lowest BCUT2D eigenvalue weighted by atomic mass is 10.2. The van der Waals surface area contributed by atoms with Gasteiger partial charge in [-0.15, -0.1) is 0 Å². The number of hydrogen-bond donors (Lipinski definition) is 0. The van der Waals surface area contributed by atoms with Crippen LogP contribution in [-0.4, -0.2) is 38.0 Å². The Hall–Kier alpha value is -2.69. The van der Waals surface area contributed by atoms with E-state index >= 15 is 0 Å². The summed E-state index contributed by atoms with van der Waals surface area (Å²) in [5, 5.41) is 0. The molecule has 26 heavy (non-hydrogen) atoms. The van der Waals surface area contributed by atoms with Crippen LogP contribution in [0.3, 0.4) is 0 Å². The van der Waals surface area contributed by atoms with Crippen molar-refractivity contribution in [1.29, 1.82) is 0 Å². The second kappa shape index (κ2) is 8.61. The van der Waals surface area contributed by atoms with E-state index in [1.807, 2.05) is 0 Å². The molecule has 0 N–H and O–H groups in total. The summed E-state index contributed by atoms with van der Waals surface area (Å²) in [5.74, 6) is -3.64. The molecule has 7 nitrogen and oxygen atoms in total. The third-order valence-corrected chi connectivity index (χ3v) is 4.23. The lowest BCUT2D eigenvalue weighted by Gasteiger charge is -2.05. The van der Waals surface area contributed by atoms with Crippen molar-refractivity contribution < 1.29 is 36.3 Å². The minimum absolute atomic E-state index is 0.0242. The van der Waals surface area contributed by atoms with Crippen molar-refractivity contribution in [3.8, 4) is 11.4 Å². The molecule has 1 atom stereocenters. The molecule has 0 aliphatic heterocycles. The van der Waals surface area contributed by atoms with E-state index in [9.17, 15) is 27.0 Å². The summed E-state index contributed by atoms with van der Waals surface area (Å²) >= 11 is 0. The van der Waals surface area contributed by atoms with Crippen LogP contribution >= 0.6 is 0 Å². The molecule has 0 saturated carbocycles. The fourth-order valence-electron chi connectivity index (χ4n) is 1.78. The summed E-state index contributed by atoms with van der Waals surface area (Å²) in [6.45, 7) is 0. The van der Waals surface area contributed by atoms with E-state index in [4.69, 9.17) is 0 Å². The maximum atomic E-state index is 12.0. The van der Waals surface area contributed by atoms with E-state index in [2.05, 4.69) is 14.7 Å². The Labute approximate surface area is 148 Å². The lowest BCUT2D eigenvalue weighted by molar-refractivity contribution is -0.676. The monoisotopic (exact) mass is 388 g/mol. The van der Waals surface area contributed by atoms with Gasteiger partial charge in [0.25, 0.3) is 0 Å². The predicted molar refractivity (Wildman–Crippen MR) is 82.4 cm³/mol. The van der Waals surface area contributed by atoms with Crippen LogP contribution in [0, 0.1) is 0 Å². The number of nitrogens with zero attached hydrogens (tertiary/aromatic N) is 3. The molecule has 0 aromatic carbocycles. The van der Waals surface area contributed by atoms with Crippen LogP contribution in [0.5, 0.6) is 0 Å². The number of hydrogen-bond acceptors (Lipinski definition) is 6. The van der Waals surface area contributed by atoms with E-state index < -0.39 is 35.3 Å². The fourth-order valence-corrected chi connectivity index (χ4v) is 2.81. The van der Waals surface area contributed by atoms with Gasteiger partial charge in [-0.05, 0) is 6.07 Å². The van der Waals surface area contributed by atoms with Gasteiger partial charge in [-0.25, -0.2) is 14.8 Å². The molecule has 0 spiro atoms. The van der Waals surface area contributed by atoms with Crippen LogP contribution in [0.1, 0.15) is 6.42 Å². The maximum Gasteiger partial charge on any atom is 0.491 e.